The van der Waals surface area contributed by atoms with Crippen LogP contribution >= 0.6 is 11.6 Å². The lowest BCUT2D eigenvalue weighted by Gasteiger charge is -2.28. The molecule has 1 fully saturated rings. The average Bonchev–Trinajstić information content (AvgIpc) is 2.61. The Balaban J connectivity index is 2.20. The molecule has 1 aliphatic heterocycles. The normalized spacial score (nSPS) is 20.4. The van der Waals surface area contributed by atoms with Crippen molar-refractivity contribution >= 4 is 17.3 Å². The number of anilines is 1. The lowest BCUT2D eigenvalue weighted by atomic mass is 10.0. The fraction of sp³-hybridized carbons (Fsp3) is 0.667. The van der Waals surface area contributed by atoms with E-state index >= 15 is 0 Å². The molecule has 1 atom stereocenters. The summed E-state index contributed by atoms with van der Waals surface area (Å²) in [5, 5.41) is 4.45. The molecule has 0 aliphatic carbocycles. The third kappa shape index (κ3) is 4.89. The molecule has 118 valence electrons. The molecule has 1 aromatic rings. The van der Waals surface area contributed by atoms with Crippen LogP contribution in [0.15, 0.2) is 18.2 Å². The van der Waals surface area contributed by atoms with Gasteiger partial charge in [-0.3, -0.25) is 0 Å². The van der Waals surface area contributed by atoms with Gasteiger partial charge in [0, 0.05) is 41.4 Å². The highest BCUT2D eigenvalue weighted by Gasteiger charge is 2.19. The summed E-state index contributed by atoms with van der Waals surface area (Å²) < 4.78 is 0. The Morgan fingerprint density at radius 2 is 2.00 bits per heavy atom. The van der Waals surface area contributed by atoms with E-state index in [1.54, 1.807) is 0 Å². The quantitative estimate of drug-likeness (QED) is 0.858. The maximum atomic E-state index is 6.48. The van der Waals surface area contributed by atoms with Crippen LogP contribution in [0.25, 0.3) is 0 Å². The molecule has 1 heterocycles. The second-order valence-corrected chi connectivity index (χ2v) is 7.77. The predicted molar refractivity (Wildman–Crippen MR) is 93.3 cm³/mol. The van der Waals surface area contributed by atoms with E-state index in [0.717, 1.165) is 30.6 Å². The van der Waals surface area contributed by atoms with Gasteiger partial charge in [0.25, 0.3) is 0 Å². The molecule has 0 saturated carbocycles. The predicted octanol–water partition coefficient (Wildman–Crippen LogP) is 4.85. The zero-order valence-electron chi connectivity index (χ0n) is 13.9. The van der Waals surface area contributed by atoms with E-state index in [-0.39, 0.29) is 5.54 Å². The van der Waals surface area contributed by atoms with Crippen molar-refractivity contribution in [1.29, 1.82) is 0 Å². The third-order valence-electron chi connectivity index (χ3n) is 4.25. The van der Waals surface area contributed by atoms with Crippen LogP contribution in [0.5, 0.6) is 0 Å². The Morgan fingerprint density at radius 3 is 2.71 bits per heavy atom. The molecule has 0 bridgehead atoms. The highest BCUT2D eigenvalue weighted by atomic mass is 35.5. The van der Waals surface area contributed by atoms with Gasteiger partial charge in [-0.15, -0.1) is 0 Å². The molecule has 21 heavy (non-hydrogen) atoms. The van der Waals surface area contributed by atoms with E-state index in [1.165, 1.54) is 30.5 Å². The topological polar surface area (TPSA) is 15.3 Å². The number of benzene rings is 1. The number of rotatable bonds is 3. The summed E-state index contributed by atoms with van der Waals surface area (Å²) in [5.74, 6) is 0.838. The lowest BCUT2D eigenvalue weighted by Crippen LogP contribution is -2.36. The second kappa shape index (κ2) is 7.02. The Bertz CT molecular complexity index is 465. The number of hydrogen-bond donors (Lipinski definition) is 1. The fourth-order valence-electron chi connectivity index (χ4n) is 2.88. The van der Waals surface area contributed by atoms with Crippen molar-refractivity contribution in [3.05, 3.63) is 28.8 Å². The summed E-state index contributed by atoms with van der Waals surface area (Å²) in [4.78, 5) is 2.52. The zero-order valence-corrected chi connectivity index (χ0v) is 14.6. The van der Waals surface area contributed by atoms with Gasteiger partial charge in [0.1, 0.15) is 0 Å². The summed E-state index contributed by atoms with van der Waals surface area (Å²) in [5.41, 5.74) is 2.65. The van der Waals surface area contributed by atoms with Crippen molar-refractivity contribution in [1.82, 2.24) is 5.32 Å². The SMILES string of the molecule is CC1CCCN(c2cccc(Cl)c2CNC(C)(C)C)CC1. The Hall–Kier alpha value is -0.730. The molecular weight excluding hydrogens is 280 g/mol. The van der Waals surface area contributed by atoms with Crippen LogP contribution in [0.1, 0.15) is 52.5 Å². The highest BCUT2D eigenvalue weighted by molar-refractivity contribution is 6.31. The van der Waals surface area contributed by atoms with Crippen LogP contribution < -0.4 is 10.2 Å². The first kappa shape index (κ1) is 16.6. The van der Waals surface area contributed by atoms with Crippen LogP contribution in [-0.2, 0) is 6.54 Å². The number of hydrogen-bond acceptors (Lipinski definition) is 2. The largest absolute Gasteiger partial charge is 0.371 e. The highest BCUT2D eigenvalue weighted by Crippen LogP contribution is 2.30. The summed E-state index contributed by atoms with van der Waals surface area (Å²) >= 11 is 6.48. The average molecular weight is 309 g/mol. The maximum Gasteiger partial charge on any atom is 0.0471 e. The van der Waals surface area contributed by atoms with Gasteiger partial charge in [-0.2, -0.15) is 0 Å². The first-order valence-corrected chi connectivity index (χ1v) is 8.52. The smallest absolute Gasteiger partial charge is 0.0471 e. The van der Waals surface area contributed by atoms with Gasteiger partial charge in [0.05, 0.1) is 0 Å². The monoisotopic (exact) mass is 308 g/mol. The number of nitrogens with zero attached hydrogens (tertiary/aromatic N) is 1. The minimum Gasteiger partial charge on any atom is -0.371 e. The van der Waals surface area contributed by atoms with E-state index < -0.39 is 0 Å². The van der Waals surface area contributed by atoms with E-state index in [4.69, 9.17) is 11.6 Å². The molecule has 1 aliphatic rings. The van der Waals surface area contributed by atoms with Gasteiger partial charge in [-0.25, -0.2) is 0 Å². The molecule has 1 aromatic carbocycles. The molecule has 0 spiro atoms. The molecule has 2 rings (SSSR count). The van der Waals surface area contributed by atoms with Crippen molar-refractivity contribution in [2.75, 3.05) is 18.0 Å². The summed E-state index contributed by atoms with van der Waals surface area (Å²) in [6.07, 6.45) is 3.89. The first-order valence-electron chi connectivity index (χ1n) is 8.14. The summed E-state index contributed by atoms with van der Waals surface area (Å²) in [6, 6.07) is 6.30. The molecule has 1 N–H and O–H groups in total. The first-order chi connectivity index (χ1) is 9.87. The molecule has 1 unspecified atom stereocenters. The van der Waals surface area contributed by atoms with Gasteiger partial charge in [0.15, 0.2) is 0 Å². The Labute approximate surface area is 134 Å². The van der Waals surface area contributed by atoms with Crippen LogP contribution in [-0.4, -0.2) is 18.6 Å². The minimum absolute atomic E-state index is 0.101. The Kier molecular flexibility index (Phi) is 5.56. The second-order valence-electron chi connectivity index (χ2n) is 7.36. The van der Waals surface area contributed by atoms with E-state index in [9.17, 15) is 0 Å². The lowest BCUT2D eigenvalue weighted by molar-refractivity contribution is 0.424. The van der Waals surface area contributed by atoms with Crippen LogP contribution in [0.2, 0.25) is 5.02 Å². The van der Waals surface area contributed by atoms with E-state index in [1.807, 2.05) is 6.07 Å². The summed E-state index contributed by atoms with van der Waals surface area (Å²) in [7, 11) is 0. The molecule has 0 radical (unpaired) electrons. The van der Waals surface area contributed by atoms with E-state index in [0.29, 0.717) is 0 Å². The molecular formula is C18H29ClN2. The van der Waals surface area contributed by atoms with Gasteiger partial charge in [0.2, 0.25) is 0 Å². The molecule has 0 amide bonds. The van der Waals surface area contributed by atoms with E-state index in [2.05, 4.69) is 50.0 Å². The number of nitrogens with one attached hydrogen (secondary N) is 1. The number of halogens is 1. The van der Waals surface area contributed by atoms with Crippen molar-refractivity contribution in [2.45, 2.75) is 59.0 Å². The molecule has 2 nitrogen and oxygen atoms in total. The third-order valence-corrected chi connectivity index (χ3v) is 4.60. The van der Waals surface area contributed by atoms with Crippen molar-refractivity contribution in [3.8, 4) is 0 Å². The van der Waals surface area contributed by atoms with Gasteiger partial charge >= 0.3 is 0 Å². The van der Waals surface area contributed by atoms with Crippen LogP contribution in [0.3, 0.4) is 0 Å². The standard InChI is InChI=1S/C18H29ClN2/c1-14-7-6-11-21(12-10-14)17-9-5-8-16(19)15(17)13-20-18(2,3)4/h5,8-9,14,20H,6-7,10-13H2,1-4H3. The molecule has 1 saturated heterocycles. The van der Waals surface area contributed by atoms with Crippen LogP contribution in [0, 0.1) is 5.92 Å². The zero-order chi connectivity index (χ0) is 15.5. The molecule has 3 heteroatoms. The van der Waals surface area contributed by atoms with Gasteiger partial charge < -0.3 is 10.2 Å². The summed E-state index contributed by atoms with van der Waals surface area (Å²) in [6.45, 7) is 12.1. The van der Waals surface area contributed by atoms with Gasteiger partial charge in [-0.1, -0.05) is 24.6 Å². The van der Waals surface area contributed by atoms with Crippen molar-refractivity contribution in [2.24, 2.45) is 5.92 Å². The van der Waals surface area contributed by atoms with Crippen molar-refractivity contribution < 1.29 is 0 Å². The Morgan fingerprint density at radius 1 is 1.24 bits per heavy atom. The molecule has 0 aromatic heterocycles. The van der Waals surface area contributed by atoms with Gasteiger partial charge in [-0.05, 0) is 58.1 Å². The maximum absolute atomic E-state index is 6.48. The fourth-order valence-corrected chi connectivity index (χ4v) is 3.11. The van der Waals surface area contributed by atoms with Crippen molar-refractivity contribution in [3.63, 3.8) is 0 Å². The minimum atomic E-state index is 0.101. The van der Waals surface area contributed by atoms with Crippen LogP contribution in [0.4, 0.5) is 5.69 Å².